The maximum atomic E-state index is 13.2. The highest BCUT2D eigenvalue weighted by Gasteiger charge is 2.39. The van der Waals surface area contributed by atoms with E-state index in [0.717, 1.165) is 22.3 Å². The largest absolute Gasteiger partial charge is 0.449 e. The van der Waals surface area contributed by atoms with Crippen LogP contribution < -0.4 is 16.0 Å². The van der Waals surface area contributed by atoms with E-state index in [1.807, 2.05) is 47.0 Å². The highest BCUT2D eigenvalue weighted by Crippen LogP contribution is 2.44. The van der Waals surface area contributed by atoms with Crippen LogP contribution in [0.3, 0.4) is 0 Å². The Morgan fingerprint density at radius 1 is 0.784 bits per heavy atom. The van der Waals surface area contributed by atoms with Crippen LogP contribution in [0.25, 0.3) is 11.1 Å². The van der Waals surface area contributed by atoms with Crippen molar-refractivity contribution >= 4 is 67.0 Å². The molecule has 20 nitrogen and oxygen atoms in total. The molecule has 4 rings (SSSR count). The lowest BCUT2D eigenvalue weighted by Crippen LogP contribution is -2.59. The number of nitrogens with zero attached hydrogens (tertiary/aromatic N) is 1. The number of carbonyl (C=O) groups excluding carboxylic acids is 6. The lowest BCUT2D eigenvalue weighted by atomic mass is 9.98. The molecule has 2 aliphatic rings. The highest BCUT2D eigenvalue weighted by molar-refractivity contribution is 7.86. The Bertz CT molecular complexity index is 1930. The van der Waals surface area contributed by atoms with E-state index in [4.69, 9.17) is 4.74 Å². The van der Waals surface area contributed by atoms with E-state index < -0.39 is 108 Å². The molecule has 2 aromatic carbocycles. The molecular weight excluding hydrogens is 745 g/mol. The summed E-state index contributed by atoms with van der Waals surface area (Å²) < 4.78 is 91.8. The van der Waals surface area contributed by atoms with Crippen LogP contribution in [-0.2, 0) is 64.9 Å². The molecule has 1 aliphatic carbocycles. The number of carbonyl (C=O) groups is 6. The van der Waals surface area contributed by atoms with Crippen LogP contribution in [0.2, 0.25) is 0 Å². The molecule has 51 heavy (non-hydrogen) atoms. The van der Waals surface area contributed by atoms with Gasteiger partial charge in [0.15, 0.2) is 11.1 Å². The van der Waals surface area contributed by atoms with Gasteiger partial charge in [0, 0.05) is 18.8 Å². The van der Waals surface area contributed by atoms with Crippen LogP contribution in [0.5, 0.6) is 0 Å². The Labute approximate surface area is 292 Å². The zero-order valence-corrected chi connectivity index (χ0v) is 28.4. The van der Waals surface area contributed by atoms with Crippen molar-refractivity contribution in [2.45, 2.75) is 36.9 Å². The molecule has 2 aromatic rings. The summed E-state index contributed by atoms with van der Waals surface area (Å²) in [6.45, 7) is -0.246. The number of hydrogen-bond acceptors (Lipinski definition) is 13. The van der Waals surface area contributed by atoms with Crippen molar-refractivity contribution in [1.29, 1.82) is 0 Å². The van der Waals surface area contributed by atoms with E-state index in [0.29, 0.717) is 0 Å². The summed E-state index contributed by atoms with van der Waals surface area (Å²) >= 11 is -2.79. The number of hydrogen-bond donors (Lipinski definition) is 6. The highest BCUT2D eigenvalue weighted by atomic mass is 32.2. The lowest BCUT2D eigenvalue weighted by Gasteiger charge is -2.24. The molecule has 0 aromatic heterocycles. The van der Waals surface area contributed by atoms with E-state index in [1.165, 1.54) is 0 Å². The Kier molecular flexibility index (Phi) is 12.3. The Morgan fingerprint density at radius 3 is 1.76 bits per heavy atom. The smallest absolute Gasteiger partial charge is 0.407 e. The number of nitrogens with one attached hydrogen (secondary N) is 3. The molecule has 0 bridgehead atoms. The van der Waals surface area contributed by atoms with Crippen molar-refractivity contribution in [3.05, 3.63) is 59.7 Å². The van der Waals surface area contributed by atoms with Gasteiger partial charge in [0.25, 0.3) is 32.1 Å². The van der Waals surface area contributed by atoms with Crippen LogP contribution in [0.4, 0.5) is 4.79 Å². The van der Waals surface area contributed by atoms with Gasteiger partial charge in [0.05, 0.1) is 5.75 Å². The van der Waals surface area contributed by atoms with Gasteiger partial charge in [0.2, 0.25) is 11.8 Å². The SMILES string of the molecule is O=C(NC(CS(=O)O)C(=O)NC(CS(=O)(=O)O)C(=O)NC(CS(=O)(=O)O)C(=O)ON1C(=O)CCC1=O)OCC1c2ccccc2-c2ccccc21. The van der Waals surface area contributed by atoms with Gasteiger partial charge in [0.1, 0.15) is 36.2 Å². The fourth-order valence-electron chi connectivity index (χ4n) is 5.24. The molecule has 6 N–H and O–H groups in total. The molecule has 1 fully saturated rings. The van der Waals surface area contributed by atoms with Crippen LogP contribution in [-0.4, -0.2) is 117 Å². The Morgan fingerprint density at radius 2 is 1.25 bits per heavy atom. The van der Waals surface area contributed by atoms with Crippen LogP contribution in [0, 0.1) is 0 Å². The second-order valence-corrected chi connectivity index (χ2v) is 15.1. The van der Waals surface area contributed by atoms with Gasteiger partial charge in [-0.05, 0) is 22.3 Å². The van der Waals surface area contributed by atoms with Crippen molar-refractivity contribution in [2.24, 2.45) is 0 Å². The molecule has 0 saturated carbocycles. The standard InChI is InChI=1S/C28H30N4O16S3/c33-23-9-10-24(34)32(23)48-27(37)22(14-51(44,45)46)30-26(36)21(13-50(41,42)43)29-25(35)20(12-49(39)40)31-28(38)47-11-19-17-7-3-1-5-15(17)16-6-2-4-8-18(16)19/h1-8,19-22H,9-14H2,(H,29,35)(H,30,36)(H,31,38)(H,39,40)(H,41,42,43)(H,44,45,46). The number of benzene rings is 2. The zero-order chi connectivity index (χ0) is 37.7. The van der Waals surface area contributed by atoms with Gasteiger partial charge >= 0.3 is 12.1 Å². The molecule has 1 aliphatic heterocycles. The summed E-state index contributed by atoms with van der Waals surface area (Å²) in [5, 5.41) is 5.52. The summed E-state index contributed by atoms with van der Waals surface area (Å²) in [7, 11) is -10.3. The average molecular weight is 775 g/mol. The molecule has 1 heterocycles. The monoisotopic (exact) mass is 774 g/mol. The van der Waals surface area contributed by atoms with E-state index in [1.54, 1.807) is 17.4 Å². The lowest BCUT2D eigenvalue weighted by molar-refractivity contribution is -0.198. The first kappa shape index (κ1) is 39.0. The fraction of sp³-hybridized carbons (Fsp3) is 0.357. The number of alkyl carbamates (subject to hydrolysis) is 1. The van der Waals surface area contributed by atoms with Gasteiger partial charge < -0.3 is 30.1 Å². The molecule has 23 heteroatoms. The van der Waals surface area contributed by atoms with Crippen molar-refractivity contribution < 1.29 is 73.0 Å². The molecule has 276 valence electrons. The quantitative estimate of drug-likeness (QED) is 0.0679. The molecule has 1 saturated heterocycles. The number of hydroxylamine groups is 2. The number of rotatable bonds is 15. The Hall–Kier alpha value is -4.81. The summed E-state index contributed by atoms with van der Waals surface area (Å²) in [5.74, 6) is -11.7. The van der Waals surface area contributed by atoms with Crippen molar-refractivity contribution in [3.8, 4) is 11.1 Å². The van der Waals surface area contributed by atoms with Gasteiger partial charge in [-0.15, -0.1) is 5.06 Å². The normalized spacial score (nSPS) is 16.6. The summed E-state index contributed by atoms with van der Waals surface area (Å²) in [6, 6.07) is 7.88. The van der Waals surface area contributed by atoms with E-state index in [9.17, 15) is 63.5 Å². The minimum atomic E-state index is -5.16. The van der Waals surface area contributed by atoms with E-state index in [2.05, 4.69) is 4.84 Å². The summed E-state index contributed by atoms with van der Waals surface area (Å²) in [5.41, 5.74) is 3.49. The zero-order valence-electron chi connectivity index (χ0n) is 26.0. The Balaban J connectivity index is 1.48. The van der Waals surface area contributed by atoms with Crippen molar-refractivity contribution in [1.82, 2.24) is 21.0 Å². The van der Waals surface area contributed by atoms with E-state index >= 15 is 0 Å². The third kappa shape index (κ3) is 10.6. The molecule has 0 radical (unpaired) electrons. The van der Waals surface area contributed by atoms with Crippen LogP contribution >= 0.6 is 0 Å². The predicted molar refractivity (Wildman–Crippen MR) is 172 cm³/mol. The predicted octanol–water partition coefficient (Wildman–Crippen LogP) is -1.53. The number of amides is 5. The summed E-state index contributed by atoms with van der Waals surface area (Å²) in [4.78, 5) is 79.9. The molecule has 4 atom stereocenters. The number of fused-ring (bicyclic) bond motifs is 3. The average Bonchev–Trinajstić information content (AvgIpc) is 3.52. The maximum absolute atomic E-state index is 13.2. The molecular formula is C28H30N4O16S3. The van der Waals surface area contributed by atoms with Crippen LogP contribution in [0.1, 0.15) is 29.9 Å². The fourth-order valence-corrected chi connectivity index (χ4v) is 7.05. The first-order chi connectivity index (χ1) is 23.8. The first-order valence-corrected chi connectivity index (χ1v) is 19.1. The second kappa shape index (κ2) is 16.0. The van der Waals surface area contributed by atoms with E-state index in [-0.39, 0.29) is 24.5 Å². The van der Waals surface area contributed by atoms with Crippen LogP contribution in [0.15, 0.2) is 48.5 Å². The van der Waals surface area contributed by atoms with Crippen molar-refractivity contribution in [2.75, 3.05) is 23.9 Å². The second-order valence-electron chi connectivity index (χ2n) is 11.1. The number of ether oxygens (including phenoxy) is 1. The minimum absolute atomic E-state index is 0.0163. The minimum Gasteiger partial charge on any atom is -0.449 e. The van der Waals surface area contributed by atoms with Gasteiger partial charge in [-0.3, -0.25) is 28.3 Å². The van der Waals surface area contributed by atoms with Gasteiger partial charge in [-0.1, -0.05) is 48.5 Å². The third-order valence-corrected chi connectivity index (χ3v) is 9.56. The number of imide groups is 1. The molecule has 5 amide bonds. The first-order valence-electron chi connectivity index (χ1n) is 14.6. The van der Waals surface area contributed by atoms with Gasteiger partial charge in [-0.2, -0.15) is 16.8 Å². The topological polar surface area (TPSA) is 306 Å². The molecule has 0 spiro atoms. The molecule has 4 unspecified atom stereocenters. The summed E-state index contributed by atoms with van der Waals surface area (Å²) in [6.07, 6.45) is -2.00. The maximum Gasteiger partial charge on any atom is 0.407 e. The van der Waals surface area contributed by atoms with Gasteiger partial charge in [-0.25, -0.2) is 13.8 Å². The van der Waals surface area contributed by atoms with Crippen molar-refractivity contribution in [3.63, 3.8) is 0 Å². The third-order valence-electron chi connectivity index (χ3n) is 7.44.